The standard InChI is InChI=1S/C24H35N5O4S/c1-4-12-25-23(30)26-19-8-6-18(7-9-19)22-27-20(24(10-5-11-24)34(3,31)32)15-21(28-22)29-13-14-33-16-17(29)2/h6-9,15,17,31-32H,4-5,10-14,16H2,1-3H3,(H2,25,26,30)/t17-/m0/s1. The number of ether oxygens (including phenoxy) is 1. The first kappa shape index (κ1) is 24.7. The zero-order chi connectivity index (χ0) is 24.3. The average Bonchev–Trinajstić information content (AvgIpc) is 2.76. The number of nitrogens with zero attached hydrogens (tertiary/aromatic N) is 3. The van der Waals surface area contributed by atoms with Crippen molar-refractivity contribution < 1.29 is 18.6 Å². The molecule has 1 atom stereocenters. The molecule has 2 heterocycles. The SMILES string of the molecule is CCCNC(=O)Nc1ccc(-c2nc(N3CCOC[C@@H]3C)cc(C3(S(C)(O)O)CCC3)n2)cc1. The van der Waals surface area contributed by atoms with E-state index in [-0.39, 0.29) is 12.1 Å². The van der Waals surface area contributed by atoms with Gasteiger partial charge in [0.1, 0.15) is 10.6 Å². The number of benzene rings is 1. The average molecular weight is 490 g/mol. The number of nitrogens with one attached hydrogen (secondary N) is 2. The van der Waals surface area contributed by atoms with E-state index in [2.05, 4.69) is 22.5 Å². The van der Waals surface area contributed by atoms with Crippen molar-refractivity contribution >= 4 is 28.1 Å². The van der Waals surface area contributed by atoms with E-state index in [1.165, 1.54) is 6.26 Å². The number of hydrogen-bond acceptors (Lipinski definition) is 7. The van der Waals surface area contributed by atoms with Crippen molar-refractivity contribution in [1.82, 2.24) is 15.3 Å². The summed E-state index contributed by atoms with van der Waals surface area (Å²) in [5.41, 5.74) is 2.15. The van der Waals surface area contributed by atoms with E-state index in [1.807, 2.05) is 37.3 Å². The van der Waals surface area contributed by atoms with Gasteiger partial charge in [0, 0.05) is 36.7 Å². The lowest BCUT2D eigenvalue weighted by Crippen LogP contribution is -2.45. The van der Waals surface area contributed by atoms with Crippen LogP contribution in [0.4, 0.5) is 16.3 Å². The van der Waals surface area contributed by atoms with Gasteiger partial charge in [0.15, 0.2) is 5.82 Å². The number of anilines is 2. The molecule has 186 valence electrons. The highest BCUT2D eigenvalue weighted by molar-refractivity contribution is 8.24. The van der Waals surface area contributed by atoms with Crippen molar-refractivity contribution in [3.05, 3.63) is 36.0 Å². The molecule has 9 nitrogen and oxygen atoms in total. The minimum atomic E-state index is -2.86. The van der Waals surface area contributed by atoms with E-state index in [9.17, 15) is 13.9 Å². The Balaban J connectivity index is 1.69. The van der Waals surface area contributed by atoms with Gasteiger partial charge in [0.2, 0.25) is 0 Å². The highest BCUT2D eigenvalue weighted by atomic mass is 32.3. The number of carbonyl (C=O) groups excluding carboxylic acids is 1. The van der Waals surface area contributed by atoms with E-state index in [1.54, 1.807) is 0 Å². The van der Waals surface area contributed by atoms with Gasteiger partial charge in [-0.2, -0.15) is 10.6 Å². The lowest BCUT2D eigenvalue weighted by Gasteiger charge is -2.53. The van der Waals surface area contributed by atoms with E-state index < -0.39 is 15.3 Å². The normalized spacial score (nSPS) is 20.4. The topological polar surface area (TPSA) is 120 Å². The summed E-state index contributed by atoms with van der Waals surface area (Å²) in [5.74, 6) is 1.30. The molecule has 10 heteroatoms. The molecular weight excluding hydrogens is 454 g/mol. The molecule has 1 saturated heterocycles. The zero-order valence-electron chi connectivity index (χ0n) is 20.1. The van der Waals surface area contributed by atoms with Crippen LogP contribution in [0.25, 0.3) is 11.4 Å². The highest BCUT2D eigenvalue weighted by Gasteiger charge is 2.49. The largest absolute Gasteiger partial charge is 0.377 e. The summed E-state index contributed by atoms with van der Waals surface area (Å²) in [6.07, 6.45) is 4.71. The van der Waals surface area contributed by atoms with Crippen LogP contribution < -0.4 is 15.5 Å². The third kappa shape index (κ3) is 5.00. The summed E-state index contributed by atoms with van der Waals surface area (Å²) in [4.78, 5) is 23.9. The summed E-state index contributed by atoms with van der Waals surface area (Å²) in [5, 5.41) is 5.61. The van der Waals surface area contributed by atoms with Crippen molar-refractivity contribution in [2.24, 2.45) is 0 Å². The Morgan fingerprint density at radius 1 is 1.26 bits per heavy atom. The first-order chi connectivity index (χ1) is 16.2. The summed E-state index contributed by atoms with van der Waals surface area (Å²) >= 11 is 0. The number of morpholine rings is 1. The number of urea groups is 1. The second-order valence-electron chi connectivity index (χ2n) is 9.19. The molecule has 2 amide bonds. The molecule has 34 heavy (non-hydrogen) atoms. The van der Waals surface area contributed by atoms with Crippen LogP contribution in [-0.2, 0) is 9.48 Å². The van der Waals surface area contributed by atoms with Crippen LogP contribution in [0.5, 0.6) is 0 Å². The Morgan fingerprint density at radius 2 is 2.00 bits per heavy atom. The molecule has 0 spiro atoms. The minimum absolute atomic E-state index is 0.150. The van der Waals surface area contributed by atoms with Gasteiger partial charge in [-0.25, -0.2) is 14.8 Å². The second kappa shape index (κ2) is 10.1. The summed E-state index contributed by atoms with van der Waals surface area (Å²) in [6.45, 7) is 6.66. The van der Waals surface area contributed by atoms with Gasteiger partial charge < -0.3 is 20.3 Å². The molecular formula is C24H35N5O4S. The molecule has 1 saturated carbocycles. The van der Waals surface area contributed by atoms with Crippen LogP contribution in [0.3, 0.4) is 0 Å². The van der Waals surface area contributed by atoms with Crippen LogP contribution in [0, 0.1) is 0 Å². The molecule has 2 aliphatic rings. The molecule has 1 aromatic carbocycles. The maximum absolute atomic E-state index is 12.0. The molecule has 4 rings (SSSR count). The Labute approximate surface area is 202 Å². The third-order valence-electron chi connectivity index (χ3n) is 6.68. The maximum Gasteiger partial charge on any atom is 0.319 e. The van der Waals surface area contributed by atoms with Crippen LogP contribution >= 0.6 is 10.6 Å². The smallest absolute Gasteiger partial charge is 0.319 e. The molecule has 2 fully saturated rings. The van der Waals surface area contributed by atoms with E-state index in [0.717, 1.165) is 24.2 Å². The molecule has 1 aliphatic carbocycles. The number of amides is 2. The summed E-state index contributed by atoms with van der Waals surface area (Å²) in [6, 6.07) is 9.22. The molecule has 4 N–H and O–H groups in total. The van der Waals surface area contributed by atoms with E-state index >= 15 is 0 Å². The van der Waals surface area contributed by atoms with Gasteiger partial charge in [-0.3, -0.25) is 9.11 Å². The van der Waals surface area contributed by atoms with E-state index in [0.29, 0.717) is 56.4 Å². The van der Waals surface area contributed by atoms with Gasteiger partial charge in [-0.05, 0) is 56.9 Å². The minimum Gasteiger partial charge on any atom is -0.377 e. The molecule has 1 aliphatic heterocycles. The monoisotopic (exact) mass is 489 g/mol. The van der Waals surface area contributed by atoms with Gasteiger partial charge in [-0.15, -0.1) is 0 Å². The predicted molar refractivity (Wildman–Crippen MR) is 137 cm³/mol. The molecule has 2 aromatic rings. The Kier molecular flexibility index (Phi) is 7.32. The number of hydrogen-bond donors (Lipinski definition) is 4. The van der Waals surface area contributed by atoms with Crippen molar-refractivity contribution in [3.8, 4) is 11.4 Å². The maximum atomic E-state index is 12.0. The number of carbonyl (C=O) groups is 1. The van der Waals surface area contributed by atoms with Crippen molar-refractivity contribution in [3.63, 3.8) is 0 Å². The quantitative estimate of drug-likeness (QED) is 0.446. The summed E-state index contributed by atoms with van der Waals surface area (Å²) in [7, 11) is -2.86. The predicted octanol–water partition coefficient (Wildman–Crippen LogP) is 4.66. The fourth-order valence-electron chi connectivity index (χ4n) is 4.47. The van der Waals surface area contributed by atoms with Crippen molar-refractivity contribution in [2.75, 3.05) is 42.8 Å². The number of aromatic nitrogens is 2. The lowest BCUT2D eigenvalue weighted by molar-refractivity contribution is 0.0985. The Morgan fingerprint density at radius 3 is 2.59 bits per heavy atom. The van der Waals surface area contributed by atoms with Crippen LogP contribution in [0.2, 0.25) is 0 Å². The molecule has 0 unspecified atom stereocenters. The van der Waals surface area contributed by atoms with E-state index in [4.69, 9.17) is 14.7 Å². The second-order valence-corrected chi connectivity index (χ2v) is 11.6. The van der Waals surface area contributed by atoms with Gasteiger partial charge >= 0.3 is 6.03 Å². The fraction of sp³-hybridized carbons (Fsp3) is 0.542. The summed E-state index contributed by atoms with van der Waals surface area (Å²) < 4.78 is 26.3. The third-order valence-corrected chi connectivity index (χ3v) is 8.78. The lowest BCUT2D eigenvalue weighted by atomic mass is 9.81. The Bertz CT molecular complexity index is 1010. The van der Waals surface area contributed by atoms with Gasteiger partial charge in [0.25, 0.3) is 0 Å². The van der Waals surface area contributed by atoms with Crippen LogP contribution in [0.1, 0.15) is 45.2 Å². The first-order valence-corrected chi connectivity index (χ1v) is 13.8. The first-order valence-electron chi connectivity index (χ1n) is 11.9. The van der Waals surface area contributed by atoms with Crippen molar-refractivity contribution in [1.29, 1.82) is 0 Å². The van der Waals surface area contributed by atoms with Gasteiger partial charge in [-0.1, -0.05) is 6.92 Å². The highest BCUT2D eigenvalue weighted by Crippen LogP contribution is 2.65. The van der Waals surface area contributed by atoms with Gasteiger partial charge in [0.05, 0.1) is 24.9 Å². The molecule has 0 radical (unpaired) electrons. The zero-order valence-corrected chi connectivity index (χ0v) is 20.9. The van der Waals surface area contributed by atoms with Crippen LogP contribution in [0.15, 0.2) is 30.3 Å². The fourth-order valence-corrected chi connectivity index (χ4v) is 6.03. The van der Waals surface area contributed by atoms with Crippen LogP contribution in [-0.4, -0.2) is 63.7 Å². The number of rotatable bonds is 7. The van der Waals surface area contributed by atoms with Crippen molar-refractivity contribution in [2.45, 2.75) is 50.3 Å². The Hall–Kier alpha value is -2.40. The molecule has 0 bridgehead atoms. The molecule has 1 aromatic heterocycles.